The third-order valence-electron chi connectivity index (χ3n) is 25.6. The predicted molar refractivity (Wildman–Crippen MR) is 418 cm³/mol. The van der Waals surface area contributed by atoms with Gasteiger partial charge in [0, 0.05) is 50.5 Å². The second-order valence-corrected chi connectivity index (χ2v) is 37.0. The Labute approximate surface area is 593 Å². The highest BCUT2D eigenvalue weighted by Gasteiger charge is 2.61. The number of unbranched alkanes of at least 4 members (excludes halogenated alkanes) is 20. The summed E-state index contributed by atoms with van der Waals surface area (Å²) in [6.07, 6.45) is 57.8. The monoisotopic (exact) mass is 1350 g/mol. The van der Waals surface area contributed by atoms with Gasteiger partial charge in [-0.1, -0.05) is 274 Å². The van der Waals surface area contributed by atoms with Crippen molar-refractivity contribution in [2.75, 3.05) is 0 Å². The molecule has 4 aromatic heterocycles. The number of Topliss-reactive ketones (excluding diaryl/α,β-unsaturated/α-hetero) is 2. The molecule has 0 N–H and O–H groups in total. The van der Waals surface area contributed by atoms with Gasteiger partial charge in [-0.2, -0.15) is 0 Å². The van der Waals surface area contributed by atoms with Crippen molar-refractivity contribution >= 4 is 77.1 Å². The first-order valence-corrected chi connectivity index (χ1v) is 44.4. The summed E-state index contributed by atoms with van der Waals surface area (Å²) in [6.45, 7) is 23.7. The fraction of sp³-hybridized carbons (Fsp3) is 0.773. The van der Waals surface area contributed by atoms with Crippen LogP contribution in [0.2, 0.25) is 0 Å². The van der Waals surface area contributed by atoms with Gasteiger partial charge >= 0.3 is 0 Å². The molecular formula is C88H138O2S4. The zero-order valence-electron chi connectivity index (χ0n) is 62.1. The lowest BCUT2D eigenvalue weighted by Crippen LogP contribution is -2.50. The lowest BCUT2D eigenvalue weighted by Gasteiger charge is -2.54. The molecule has 526 valence electrons. The van der Waals surface area contributed by atoms with Crippen molar-refractivity contribution in [1.82, 2.24) is 0 Å². The van der Waals surface area contributed by atoms with E-state index < -0.39 is 0 Å². The molecule has 4 aliphatic carbocycles. The van der Waals surface area contributed by atoms with Crippen molar-refractivity contribution in [3.63, 3.8) is 0 Å². The lowest BCUT2D eigenvalue weighted by atomic mass is 9.49. The van der Waals surface area contributed by atoms with Crippen LogP contribution in [0.5, 0.6) is 0 Å². The largest absolute Gasteiger partial charge is 0.299 e. The smallest absolute Gasteiger partial charge is 0.144 e. The van der Waals surface area contributed by atoms with Crippen LogP contribution in [0.15, 0.2) is 36.4 Å². The number of carbonyl (C=O) groups is 2. The molecule has 0 spiro atoms. The molecule has 4 fully saturated rings. The van der Waals surface area contributed by atoms with Gasteiger partial charge in [-0.3, -0.25) is 9.59 Å². The Morgan fingerprint density at radius 2 is 0.745 bits per heavy atom. The van der Waals surface area contributed by atoms with Crippen molar-refractivity contribution in [3.8, 4) is 9.75 Å². The van der Waals surface area contributed by atoms with Crippen LogP contribution in [0.3, 0.4) is 0 Å². The van der Waals surface area contributed by atoms with Crippen LogP contribution in [0.1, 0.15) is 368 Å². The van der Waals surface area contributed by atoms with Crippen LogP contribution in [0, 0.1) is 84.9 Å². The van der Waals surface area contributed by atoms with E-state index in [-0.39, 0.29) is 23.7 Å². The summed E-state index contributed by atoms with van der Waals surface area (Å²) < 4.78 is 3.19. The average Bonchev–Trinajstić information content (AvgIpc) is 1.39. The zero-order valence-corrected chi connectivity index (χ0v) is 65.4. The number of rotatable bonds is 47. The van der Waals surface area contributed by atoms with Gasteiger partial charge in [-0.05, 0) is 196 Å². The molecule has 0 radical (unpaired) electrons. The molecule has 94 heavy (non-hydrogen) atoms. The standard InChI is InChI=1S/C88H138O2S4/c1-11-19-25-29-31-37-43-65(41-33-23-15-5)46-48-67-77-53-62(10)92-87(77)68(49-47-66(42-34-24-16-6)44-38-32-30-26-20-12-2)78-60-84(94-88(67)78)83-52-51-82(93-83)80-59-74-70(55-64(18-8)40-36-28-22-14-4)71-56-75-73(58-79(85(75)89)81-50-45-61(9)91-81)69(72(71)57-76(74)86(80)90)54-63(17-7)39-35-27-21-13-3/h45,50-53,60,63-66,69-76,79-80H,11-44,46-49,54-59H2,1-10H3. The van der Waals surface area contributed by atoms with Gasteiger partial charge in [0.05, 0.1) is 11.8 Å². The van der Waals surface area contributed by atoms with Gasteiger partial charge in [-0.25, -0.2) is 0 Å². The third kappa shape index (κ3) is 20.1. The SMILES string of the molecule is CCCCCCCCC(CCCCC)CCc1c2cc(-c3ccc(C4CC5C(CC6C(CC(CC)CCCCCC)C7CC(c8ccc(C)s8)C(=O)C7CC6C5CC(CC)CCCCCC)C4=O)s3)sc2c(CCC(CCCCC)CCCCCCCC)c2cc(C)sc12. The number of aryl methyl sites for hydroxylation is 4. The maximum absolute atomic E-state index is 16.0. The Balaban J connectivity index is 1.05. The van der Waals surface area contributed by atoms with Crippen LogP contribution < -0.4 is 0 Å². The molecule has 9 rings (SSSR count). The molecule has 4 saturated carbocycles. The van der Waals surface area contributed by atoms with E-state index in [1.807, 2.05) is 22.7 Å². The summed E-state index contributed by atoms with van der Waals surface area (Å²) in [5.74, 6) is 7.68. The molecule has 0 bridgehead atoms. The Hall–Kier alpha value is -2.12. The van der Waals surface area contributed by atoms with Crippen LogP contribution >= 0.6 is 45.3 Å². The van der Waals surface area contributed by atoms with Gasteiger partial charge in [0.1, 0.15) is 11.6 Å². The summed E-state index contributed by atoms with van der Waals surface area (Å²) in [5.41, 5.74) is 3.31. The first-order valence-electron chi connectivity index (χ1n) is 41.2. The van der Waals surface area contributed by atoms with E-state index in [0.717, 1.165) is 37.5 Å². The van der Waals surface area contributed by atoms with Gasteiger partial charge in [0.25, 0.3) is 0 Å². The number of fused-ring (bicyclic) bond motifs is 5. The first kappa shape index (κ1) is 76.1. The van der Waals surface area contributed by atoms with E-state index in [1.165, 1.54) is 286 Å². The van der Waals surface area contributed by atoms with Crippen molar-refractivity contribution in [2.24, 2.45) is 71.0 Å². The fourth-order valence-electron chi connectivity index (χ4n) is 20.1. The number of ketones is 2. The van der Waals surface area contributed by atoms with E-state index in [0.29, 0.717) is 58.9 Å². The minimum Gasteiger partial charge on any atom is -0.299 e. The number of carbonyl (C=O) groups excluding carboxylic acids is 2. The molecule has 14 atom stereocenters. The molecule has 1 aromatic carbocycles. The van der Waals surface area contributed by atoms with Gasteiger partial charge in [0.2, 0.25) is 0 Å². The second kappa shape index (κ2) is 39.8. The van der Waals surface area contributed by atoms with Crippen LogP contribution in [0.25, 0.3) is 29.9 Å². The molecular weight excluding hydrogens is 1220 g/mol. The molecule has 0 amide bonds. The highest BCUT2D eigenvalue weighted by Crippen LogP contribution is 2.65. The summed E-state index contributed by atoms with van der Waals surface area (Å²) in [4.78, 5) is 39.6. The molecule has 5 aromatic rings. The van der Waals surface area contributed by atoms with Crippen LogP contribution in [-0.2, 0) is 22.4 Å². The van der Waals surface area contributed by atoms with Gasteiger partial charge in [-0.15, -0.1) is 45.3 Å². The topological polar surface area (TPSA) is 34.1 Å². The maximum Gasteiger partial charge on any atom is 0.144 e. The first-order chi connectivity index (χ1) is 46.0. The molecule has 4 aliphatic rings. The van der Waals surface area contributed by atoms with Crippen molar-refractivity contribution in [2.45, 2.75) is 364 Å². The van der Waals surface area contributed by atoms with Crippen molar-refractivity contribution in [1.29, 1.82) is 0 Å². The summed E-state index contributed by atoms with van der Waals surface area (Å²) in [6, 6.07) is 14.8. The Bertz CT molecular complexity index is 2890. The Morgan fingerprint density at radius 3 is 1.19 bits per heavy atom. The molecule has 4 heterocycles. The summed E-state index contributed by atoms with van der Waals surface area (Å²) in [5, 5.41) is 3.15. The number of hydrogen-bond donors (Lipinski definition) is 0. The third-order valence-corrected chi connectivity index (χ3v) is 30.5. The predicted octanol–water partition coefficient (Wildman–Crippen LogP) is 29.6. The summed E-state index contributed by atoms with van der Waals surface area (Å²) in [7, 11) is 0. The second-order valence-electron chi connectivity index (χ2n) is 32.2. The van der Waals surface area contributed by atoms with Crippen molar-refractivity contribution < 1.29 is 9.59 Å². The maximum atomic E-state index is 16.0. The Morgan fingerprint density at radius 1 is 0.362 bits per heavy atom. The fourth-order valence-corrected chi connectivity index (χ4v) is 24.7. The highest BCUT2D eigenvalue weighted by atomic mass is 32.1. The molecule has 0 saturated heterocycles. The molecule has 6 heteroatoms. The summed E-state index contributed by atoms with van der Waals surface area (Å²) >= 11 is 8.12. The van der Waals surface area contributed by atoms with E-state index in [9.17, 15) is 0 Å². The normalized spacial score (nSPS) is 24.2. The zero-order chi connectivity index (χ0) is 66.3. The van der Waals surface area contributed by atoms with E-state index in [4.69, 9.17) is 0 Å². The lowest BCUT2D eigenvalue weighted by molar-refractivity contribution is -0.134. The average molecular weight is 1360 g/mol. The molecule has 0 aliphatic heterocycles. The van der Waals surface area contributed by atoms with E-state index in [2.05, 4.69) is 128 Å². The van der Waals surface area contributed by atoms with E-state index in [1.54, 1.807) is 31.3 Å². The number of benzene rings is 1. The van der Waals surface area contributed by atoms with Gasteiger partial charge in [0.15, 0.2) is 0 Å². The number of hydrogen-bond acceptors (Lipinski definition) is 6. The van der Waals surface area contributed by atoms with Crippen molar-refractivity contribution in [3.05, 3.63) is 67.0 Å². The van der Waals surface area contributed by atoms with Crippen LogP contribution in [-0.4, -0.2) is 11.6 Å². The van der Waals surface area contributed by atoms with Crippen LogP contribution in [0.4, 0.5) is 0 Å². The minimum absolute atomic E-state index is 0.00425. The van der Waals surface area contributed by atoms with Gasteiger partial charge < -0.3 is 0 Å². The molecule has 14 unspecified atom stereocenters. The minimum atomic E-state index is -0.00425. The van der Waals surface area contributed by atoms with E-state index >= 15 is 9.59 Å². The quantitative estimate of drug-likeness (QED) is 0.0364. The molecule has 2 nitrogen and oxygen atoms in total. The Kier molecular flexibility index (Phi) is 32.2. The highest BCUT2D eigenvalue weighted by molar-refractivity contribution is 7.26. The number of thiophene rings is 4.